The van der Waals surface area contributed by atoms with Crippen LogP contribution in [-0.2, 0) is 4.79 Å². The normalized spacial score (nSPS) is 56.5. The largest absolute Gasteiger partial charge is 0.385 e. The monoisotopic (exact) mass is 290 g/mol. The topological polar surface area (TPSA) is 37.3 Å². The van der Waals surface area contributed by atoms with Gasteiger partial charge in [-0.25, -0.2) is 0 Å². The molecular weight excluding hydrogens is 260 g/mol. The fourth-order valence-electron chi connectivity index (χ4n) is 7.08. The van der Waals surface area contributed by atoms with Crippen LogP contribution in [0.2, 0.25) is 0 Å². The second kappa shape index (κ2) is 4.57. The molecule has 7 atom stereocenters. The molecule has 0 heterocycles. The first-order valence-corrected chi connectivity index (χ1v) is 9.15. The molecule has 4 saturated carbocycles. The molecule has 4 rings (SSSR count). The van der Waals surface area contributed by atoms with Crippen LogP contribution in [0.5, 0.6) is 0 Å². The number of carbonyl (C=O) groups is 1. The minimum absolute atomic E-state index is 0.120. The molecule has 2 heteroatoms. The number of rotatable bonds is 0. The molecule has 21 heavy (non-hydrogen) atoms. The van der Waals surface area contributed by atoms with Gasteiger partial charge in [0.05, 0.1) is 0 Å². The molecular formula is C19H30O2. The van der Waals surface area contributed by atoms with E-state index in [0.717, 1.165) is 24.2 Å². The summed E-state index contributed by atoms with van der Waals surface area (Å²) < 4.78 is 0. The van der Waals surface area contributed by atoms with Gasteiger partial charge in [0.2, 0.25) is 0 Å². The molecule has 0 amide bonds. The number of ketones is 1. The van der Waals surface area contributed by atoms with Crippen LogP contribution in [0, 0.1) is 34.5 Å². The van der Waals surface area contributed by atoms with Crippen LogP contribution >= 0.6 is 0 Å². The SMILES string of the molecule is C[C@@]12CCC[C@H]1[C@@H]1CCC3CC(O)C(=O)C[C@]3(C)[C@@H]1CC2. The molecule has 2 nitrogen and oxygen atoms in total. The van der Waals surface area contributed by atoms with Gasteiger partial charge < -0.3 is 5.11 Å². The van der Waals surface area contributed by atoms with E-state index in [1.54, 1.807) is 0 Å². The Hall–Kier alpha value is -0.370. The van der Waals surface area contributed by atoms with E-state index in [1.807, 2.05) is 0 Å². The van der Waals surface area contributed by atoms with Crippen LogP contribution in [0.3, 0.4) is 0 Å². The molecule has 0 saturated heterocycles. The van der Waals surface area contributed by atoms with E-state index in [1.165, 1.54) is 44.9 Å². The summed E-state index contributed by atoms with van der Waals surface area (Å²) in [6.45, 7) is 4.92. The van der Waals surface area contributed by atoms with Crippen LogP contribution in [-0.4, -0.2) is 17.0 Å². The van der Waals surface area contributed by atoms with Crippen molar-refractivity contribution in [3.8, 4) is 0 Å². The molecule has 4 fully saturated rings. The number of fused-ring (bicyclic) bond motifs is 5. The van der Waals surface area contributed by atoms with Gasteiger partial charge in [0.15, 0.2) is 5.78 Å². The van der Waals surface area contributed by atoms with Crippen molar-refractivity contribution in [2.45, 2.75) is 77.7 Å². The lowest BCUT2D eigenvalue weighted by atomic mass is 9.45. The number of Topliss-reactive ketones (excluding diaryl/α,β-unsaturated/α-hetero) is 1. The number of hydrogen-bond acceptors (Lipinski definition) is 2. The van der Waals surface area contributed by atoms with Crippen molar-refractivity contribution in [2.24, 2.45) is 34.5 Å². The van der Waals surface area contributed by atoms with Crippen LogP contribution in [0.25, 0.3) is 0 Å². The Morgan fingerprint density at radius 2 is 1.86 bits per heavy atom. The van der Waals surface area contributed by atoms with Gasteiger partial charge in [0.25, 0.3) is 0 Å². The quantitative estimate of drug-likeness (QED) is 0.733. The van der Waals surface area contributed by atoms with Crippen molar-refractivity contribution in [1.29, 1.82) is 0 Å². The zero-order chi connectivity index (χ0) is 14.8. The van der Waals surface area contributed by atoms with E-state index < -0.39 is 6.10 Å². The summed E-state index contributed by atoms with van der Waals surface area (Å²) in [6, 6.07) is 0. The molecule has 4 aliphatic rings. The van der Waals surface area contributed by atoms with E-state index in [9.17, 15) is 9.90 Å². The Morgan fingerprint density at radius 1 is 1.05 bits per heavy atom. The van der Waals surface area contributed by atoms with Crippen molar-refractivity contribution in [1.82, 2.24) is 0 Å². The highest BCUT2D eigenvalue weighted by molar-refractivity contribution is 5.84. The van der Waals surface area contributed by atoms with Gasteiger partial charge in [-0.05, 0) is 79.4 Å². The van der Waals surface area contributed by atoms with Crippen LogP contribution in [0.4, 0.5) is 0 Å². The average Bonchev–Trinajstić information content (AvgIpc) is 2.82. The van der Waals surface area contributed by atoms with Gasteiger partial charge in [0.1, 0.15) is 6.10 Å². The molecule has 0 aromatic carbocycles. The zero-order valence-electron chi connectivity index (χ0n) is 13.6. The second-order valence-corrected chi connectivity index (χ2v) is 9.14. The smallest absolute Gasteiger partial charge is 0.161 e. The Bertz CT molecular complexity index is 458. The van der Waals surface area contributed by atoms with E-state index in [0.29, 0.717) is 17.8 Å². The van der Waals surface area contributed by atoms with Gasteiger partial charge in [-0.15, -0.1) is 0 Å². The van der Waals surface area contributed by atoms with Crippen molar-refractivity contribution >= 4 is 5.78 Å². The minimum Gasteiger partial charge on any atom is -0.385 e. The van der Waals surface area contributed by atoms with Gasteiger partial charge >= 0.3 is 0 Å². The Morgan fingerprint density at radius 3 is 2.67 bits per heavy atom. The Labute approximate surface area is 128 Å². The predicted molar refractivity (Wildman–Crippen MR) is 82.7 cm³/mol. The maximum atomic E-state index is 12.2. The fourth-order valence-corrected chi connectivity index (χ4v) is 7.08. The Balaban J connectivity index is 1.65. The standard InChI is InChI=1S/C19H30O2/c1-18-8-3-4-14(18)13-6-5-12-10-16(20)17(21)11-19(12,2)15(13)7-9-18/h12-16,20H,3-11H2,1-2H3/t12?,13-,14-,15+,16?,18-,19-/m0/s1. The van der Waals surface area contributed by atoms with Crippen LogP contribution in [0.1, 0.15) is 71.6 Å². The molecule has 2 unspecified atom stereocenters. The first-order chi connectivity index (χ1) is 9.94. The average molecular weight is 290 g/mol. The summed E-state index contributed by atoms with van der Waals surface area (Å²) in [4.78, 5) is 12.2. The van der Waals surface area contributed by atoms with Crippen molar-refractivity contribution in [3.63, 3.8) is 0 Å². The fraction of sp³-hybridized carbons (Fsp3) is 0.947. The number of aliphatic hydroxyl groups is 1. The lowest BCUT2D eigenvalue weighted by Gasteiger charge is -2.60. The van der Waals surface area contributed by atoms with E-state index >= 15 is 0 Å². The summed E-state index contributed by atoms with van der Waals surface area (Å²) in [7, 11) is 0. The molecule has 0 aromatic rings. The Kier molecular flexibility index (Phi) is 3.10. The van der Waals surface area contributed by atoms with Crippen LogP contribution in [0.15, 0.2) is 0 Å². The van der Waals surface area contributed by atoms with Crippen molar-refractivity contribution in [2.75, 3.05) is 0 Å². The number of hydrogen-bond donors (Lipinski definition) is 1. The molecule has 0 bridgehead atoms. The summed E-state index contributed by atoms with van der Waals surface area (Å²) >= 11 is 0. The molecule has 118 valence electrons. The van der Waals surface area contributed by atoms with Crippen LogP contribution < -0.4 is 0 Å². The van der Waals surface area contributed by atoms with Gasteiger partial charge in [-0.1, -0.05) is 20.3 Å². The summed E-state index contributed by atoms with van der Waals surface area (Å²) in [6.07, 6.45) is 10.3. The molecule has 1 N–H and O–H groups in total. The van der Waals surface area contributed by atoms with Gasteiger partial charge in [-0.2, -0.15) is 0 Å². The highest BCUT2D eigenvalue weighted by atomic mass is 16.3. The molecule has 0 radical (unpaired) electrons. The first-order valence-electron chi connectivity index (χ1n) is 9.15. The maximum absolute atomic E-state index is 12.2. The molecule has 0 aromatic heterocycles. The molecule has 0 aliphatic heterocycles. The highest BCUT2D eigenvalue weighted by Gasteiger charge is 2.58. The third-order valence-electron chi connectivity index (χ3n) is 8.28. The van der Waals surface area contributed by atoms with Crippen molar-refractivity contribution < 1.29 is 9.90 Å². The third kappa shape index (κ3) is 1.90. The highest BCUT2D eigenvalue weighted by Crippen LogP contribution is 2.65. The number of aliphatic hydroxyl groups excluding tert-OH is 1. The minimum atomic E-state index is -0.667. The zero-order valence-corrected chi connectivity index (χ0v) is 13.6. The predicted octanol–water partition coefficient (Wildman–Crippen LogP) is 3.96. The van der Waals surface area contributed by atoms with Gasteiger partial charge in [0, 0.05) is 6.42 Å². The number of carbonyl (C=O) groups excluding carboxylic acids is 1. The van der Waals surface area contributed by atoms with Crippen molar-refractivity contribution in [3.05, 3.63) is 0 Å². The lowest BCUT2D eigenvalue weighted by Crippen LogP contribution is -2.55. The second-order valence-electron chi connectivity index (χ2n) is 9.14. The lowest BCUT2D eigenvalue weighted by molar-refractivity contribution is -0.153. The summed E-state index contributed by atoms with van der Waals surface area (Å²) in [5.74, 6) is 3.21. The maximum Gasteiger partial charge on any atom is 0.161 e. The first kappa shape index (κ1) is 14.2. The summed E-state index contributed by atoms with van der Waals surface area (Å²) in [5, 5.41) is 9.97. The molecule has 0 spiro atoms. The van der Waals surface area contributed by atoms with E-state index in [-0.39, 0.29) is 11.2 Å². The summed E-state index contributed by atoms with van der Waals surface area (Å²) in [5.41, 5.74) is 0.783. The van der Waals surface area contributed by atoms with E-state index in [2.05, 4.69) is 13.8 Å². The molecule has 4 aliphatic carbocycles. The van der Waals surface area contributed by atoms with E-state index in [4.69, 9.17) is 0 Å². The van der Waals surface area contributed by atoms with Gasteiger partial charge in [-0.3, -0.25) is 4.79 Å². The third-order valence-corrected chi connectivity index (χ3v) is 8.28.